The first kappa shape index (κ1) is 21.3. The van der Waals surface area contributed by atoms with Gasteiger partial charge in [0, 0.05) is 45.0 Å². The van der Waals surface area contributed by atoms with Gasteiger partial charge in [0.2, 0.25) is 0 Å². The van der Waals surface area contributed by atoms with Gasteiger partial charge < -0.3 is 9.72 Å². The smallest absolute Gasteiger partial charge is 0.163 e. The first-order valence-electron chi connectivity index (χ1n) is 11.3. The van der Waals surface area contributed by atoms with Crippen molar-refractivity contribution >= 4 is 38.4 Å². The number of hydrogen-bond donors (Lipinski definition) is 1. The van der Waals surface area contributed by atoms with Crippen LogP contribution in [0.25, 0.3) is 32.4 Å². The average Bonchev–Trinajstić information content (AvgIpc) is 3.33. The molecule has 0 radical (unpaired) electrons. The molecule has 0 fully saturated rings. The Morgan fingerprint density at radius 2 is 2.03 bits per heavy atom. The molecule has 4 aromatic rings. The molecule has 4 heterocycles. The third-order valence-corrected chi connectivity index (χ3v) is 7.31. The molecule has 1 aliphatic rings. The summed E-state index contributed by atoms with van der Waals surface area (Å²) < 4.78 is 6.36. The molecule has 0 aromatic carbocycles. The van der Waals surface area contributed by atoms with Gasteiger partial charge in [0.15, 0.2) is 5.78 Å². The maximum atomic E-state index is 12.9. The summed E-state index contributed by atoms with van der Waals surface area (Å²) in [5.41, 5.74) is 6.62. The Morgan fingerprint density at radius 1 is 1.25 bits per heavy atom. The van der Waals surface area contributed by atoms with Crippen molar-refractivity contribution in [2.75, 3.05) is 0 Å². The molecule has 166 valence electrons. The molecule has 1 N–H and O–H groups in total. The zero-order chi connectivity index (χ0) is 22.6. The second-order valence-electron chi connectivity index (χ2n) is 9.73. The fraction of sp³-hybridized carbons (Fsp3) is 0.423. The van der Waals surface area contributed by atoms with Gasteiger partial charge >= 0.3 is 0 Å². The van der Waals surface area contributed by atoms with Crippen molar-refractivity contribution in [1.82, 2.24) is 15.0 Å². The molecule has 5 rings (SSSR count). The average molecular weight is 448 g/mol. The van der Waals surface area contributed by atoms with Gasteiger partial charge in [-0.2, -0.15) is 0 Å². The Labute approximate surface area is 192 Å². The molecular weight excluding hydrogens is 418 g/mol. The normalized spacial score (nSPS) is 15.3. The molecule has 4 aromatic heterocycles. The number of nitrogens with one attached hydrogen (secondary N) is 1. The molecule has 0 bridgehead atoms. The number of Topliss-reactive ketones (excluding diaryl/α,β-unsaturated/α-hetero) is 1. The molecule has 0 saturated carbocycles. The van der Waals surface area contributed by atoms with Gasteiger partial charge in [0.05, 0.1) is 16.6 Å². The van der Waals surface area contributed by atoms with E-state index in [2.05, 4.69) is 11.1 Å². The highest BCUT2D eigenvalue weighted by Gasteiger charge is 2.32. The lowest BCUT2D eigenvalue weighted by Gasteiger charge is -2.29. The minimum absolute atomic E-state index is 0.0107. The number of H-pyrrole nitrogens is 1. The van der Waals surface area contributed by atoms with Crippen LogP contribution < -0.4 is 0 Å². The number of thiophene rings is 1. The summed E-state index contributed by atoms with van der Waals surface area (Å²) in [7, 11) is 0. The summed E-state index contributed by atoms with van der Waals surface area (Å²) in [6.45, 7) is 9.58. The molecule has 1 atom stereocenters. The predicted octanol–water partition coefficient (Wildman–Crippen LogP) is 6.47. The Morgan fingerprint density at radius 3 is 2.78 bits per heavy atom. The summed E-state index contributed by atoms with van der Waals surface area (Å²) in [6, 6.07) is 4.11. The summed E-state index contributed by atoms with van der Waals surface area (Å²) in [6.07, 6.45) is 7.71. The number of ketones is 1. The van der Waals surface area contributed by atoms with Gasteiger partial charge in [-0.3, -0.25) is 9.78 Å². The first-order chi connectivity index (χ1) is 15.2. The highest BCUT2D eigenvalue weighted by atomic mass is 32.1. The Hall–Kier alpha value is -2.57. The summed E-state index contributed by atoms with van der Waals surface area (Å²) in [5.74, 6) is -0.0107. The number of rotatable bonds is 4. The van der Waals surface area contributed by atoms with Crippen LogP contribution in [0.4, 0.5) is 0 Å². The molecule has 0 spiro atoms. The highest BCUT2D eigenvalue weighted by molar-refractivity contribution is 7.19. The van der Waals surface area contributed by atoms with Crippen molar-refractivity contribution < 1.29 is 9.53 Å². The van der Waals surface area contributed by atoms with E-state index >= 15 is 0 Å². The first-order valence-corrected chi connectivity index (χ1v) is 12.1. The van der Waals surface area contributed by atoms with Crippen molar-refractivity contribution in [2.24, 2.45) is 0 Å². The molecular formula is C26H29N3O2S. The Kier molecular flexibility index (Phi) is 5.18. The molecule has 0 unspecified atom stereocenters. The largest absolute Gasteiger partial charge is 0.360 e. The lowest BCUT2D eigenvalue weighted by Crippen LogP contribution is -2.27. The van der Waals surface area contributed by atoms with Crippen molar-refractivity contribution in [1.29, 1.82) is 0 Å². The third kappa shape index (κ3) is 3.65. The van der Waals surface area contributed by atoms with E-state index in [-0.39, 0.29) is 5.78 Å². The number of pyridine rings is 2. The van der Waals surface area contributed by atoms with Gasteiger partial charge in [0.1, 0.15) is 10.9 Å². The molecule has 5 nitrogen and oxygen atoms in total. The van der Waals surface area contributed by atoms with Crippen LogP contribution in [0.15, 0.2) is 24.5 Å². The molecule has 32 heavy (non-hydrogen) atoms. The van der Waals surface area contributed by atoms with E-state index in [9.17, 15) is 4.79 Å². The van der Waals surface area contributed by atoms with E-state index in [0.29, 0.717) is 0 Å². The number of carbonyl (C=O) groups excluding carboxylic acids is 1. The predicted molar refractivity (Wildman–Crippen MR) is 130 cm³/mol. The number of hydrogen-bond acceptors (Lipinski definition) is 5. The zero-order valence-corrected chi connectivity index (χ0v) is 20.2. The van der Waals surface area contributed by atoms with E-state index in [0.717, 1.165) is 51.1 Å². The number of aromatic amines is 1. The van der Waals surface area contributed by atoms with Gasteiger partial charge in [0.25, 0.3) is 0 Å². The maximum absolute atomic E-state index is 12.9. The van der Waals surface area contributed by atoms with Crippen molar-refractivity contribution in [3.05, 3.63) is 46.2 Å². The molecule has 1 aliphatic carbocycles. The number of ether oxygens (including phenoxy) is 1. The molecule has 0 aliphatic heterocycles. The second-order valence-corrected chi connectivity index (χ2v) is 10.8. The van der Waals surface area contributed by atoms with Crippen LogP contribution in [-0.4, -0.2) is 26.3 Å². The SMILES string of the molecule is CC(=O)[C@@H](OC(C)(C)C)c1c(C)nc2sc3c(c2c1-c1cnc2cc[nH]c2c1)CCCC3. The number of nitrogens with zero attached hydrogens (tertiary/aromatic N) is 2. The van der Waals surface area contributed by atoms with E-state index in [1.165, 1.54) is 28.7 Å². The molecule has 0 amide bonds. The van der Waals surface area contributed by atoms with E-state index < -0.39 is 11.7 Å². The van der Waals surface area contributed by atoms with E-state index in [1.54, 1.807) is 18.3 Å². The Balaban J connectivity index is 1.87. The van der Waals surface area contributed by atoms with E-state index in [4.69, 9.17) is 14.7 Å². The summed E-state index contributed by atoms with van der Waals surface area (Å²) in [5, 5.41) is 1.18. The van der Waals surface area contributed by atoms with Crippen molar-refractivity contribution in [2.45, 2.75) is 72.0 Å². The summed E-state index contributed by atoms with van der Waals surface area (Å²) in [4.78, 5) is 28.4. The fourth-order valence-electron chi connectivity index (χ4n) is 4.81. The number of carbonyl (C=O) groups is 1. The van der Waals surface area contributed by atoms with Crippen molar-refractivity contribution in [3.63, 3.8) is 0 Å². The van der Waals surface area contributed by atoms with E-state index in [1.807, 2.05) is 46.2 Å². The fourth-order valence-corrected chi connectivity index (χ4v) is 6.12. The minimum Gasteiger partial charge on any atom is -0.360 e. The van der Waals surface area contributed by atoms with Crippen LogP contribution in [0.1, 0.15) is 68.3 Å². The molecule has 0 saturated heterocycles. The lowest BCUT2D eigenvalue weighted by atomic mass is 9.87. The van der Waals surface area contributed by atoms with Crippen molar-refractivity contribution in [3.8, 4) is 11.1 Å². The van der Waals surface area contributed by atoms with Crippen LogP contribution in [0.3, 0.4) is 0 Å². The third-order valence-electron chi connectivity index (χ3n) is 6.12. The monoisotopic (exact) mass is 447 g/mol. The van der Waals surface area contributed by atoms with Crippen LogP contribution in [0.2, 0.25) is 0 Å². The zero-order valence-electron chi connectivity index (χ0n) is 19.3. The topological polar surface area (TPSA) is 67.9 Å². The summed E-state index contributed by atoms with van der Waals surface area (Å²) >= 11 is 1.80. The van der Waals surface area contributed by atoms with Crippen LogP contribution in [0.5, 0.6) is 0 Å². The lowest BCUT2D eigenvalue weighted by molar-refractivity contribution is -0.138. The number of fused-ring (bicyclic) bond motifs is 4. The van der Waals surface area contributed by atoms with Gasteiger partial charge in [-0.1, -0.05) is 0 Å². The van der Waals surface area contributed by atoms with Gasteiger partial charge in [-0.05, 0) is 78.0 Å². The van der Waals surface area contributed by atoms with Crippen LogP contribution >= 0.6 is 11.3 Å². The maximum Gasteiger partial charge on any atom is 0.163 e. The van der Waals surface area contributed by atoms with Gasteiger partial charge in [-0.15, -0.1) is 11.3 Å². The minimum atomic E-state index is -0.680. The molecule has 6 heteroatoms. The number of aryl methyl sites for hydroxylation is 3. The highest BCUT2D eigenvalue weighted by Crippen LogP contribution is 2.46. The van der Waals surface area contributed by atoms with Crippen LogP contribution in [0, 0.1) is 6.92 Å². The standard InChI is InChI=1S/C26H29N3O2S/c1-14-21(24(15(2)30)31-26(3,4)5)22(16-12-19-18(28-13-16)10-11-27-19)23-17-8-6-7-9-20(17)32-25(23)29-14/h10-13,24,27H,6-9H2,1-5H3/t24-/m1/s1. The van der Waals surface area contributed by atoms with Gasteiger partial charge in [-0.25, -0.2) is 4.98 Å². The van der Waals surface area contributed by atoms with Crippen LogP contribution in [-0.2, 0) is 22.4 Å². The Bertz CT molecular complexity index is 1340. The number of aromatic nitrogens is 3. The quantitative estimate of drug-likeness (QED) is 0.389. The second kappa shape index (κ2) is 7.78.